The number of aryl methyl sites for hydroxylation is 1. The van der Waals surface area contributed by atoms with Gasteiger partial charge in [0.1, 0.15) is 0 Å². The molecule has 0 bridgehead atoms. The maximum Gasteiger partial charge on any atom is 0.390 e. The van der Waals surface area contributed by atoms with Crippen molar-refractivity contribution in [1.29, 1.82) is 0 Å². The Balaban J connectivity index is 1.93. The standard InChI is InChI=1S/C26H23ClF3NO2S/c1-19-12-14-22(15-13-19)34(32,33)31-16-23(24(27)20-8-4-2-5-9-20)25(18-31,17-26(28,29)30)21-10-6-3-7-11-21/h2-15H,16-18H2,1H3/b24-23+. The predicted molar refractivity (Wildman–Crippen MR) is 128 cm³/mol. The summed E-state index contributed by atoms with van der Waals surface area (Å²) < 4.78 is 70.2. The fourth-order valence-electron chi connectivity index (χ4n) is 4.48. The van der Waals surface area contributed by atoms with Crippen LogP contribution in [0.4, 0.5) is 13.2 Å². The Bertz CT molecular complexity index is 1290. The van der Waals surface area contributed by atoms with Gasteiger partial charge >= 0.3 is 6.18 Å². The van der Waals surface area contributed by atoms with E-state index in [1.54, 1.807) is 72.8 Å². The summed E-state index contributed by atoms with van der Waals surface area (Å²) in [6.07, 6.45) is -5.79. The van der Waals surface area contributed by atoms with Gasteiger partial charge in [0.05, 0.1) is 11.3 Å². The first-order valence-electron chi connectivity index (χ1n) is 10.7. The van der Waals surface area contributed by atoms with E-state index in [-0.39, 0.29) is 28.6 Å². The highest BCUT2D eigenvalue weighted by Crippen LogP contribution is 2.50. The molecule has 1 saturated heterocycles. The van der Waals surface area contributed by atoms with Crippen LogP contribution in [0.1, 0.15) is 23.1 Å². The van der Waals surface area contributed by atoms with Gasteiger partial charge in [-0.3, -0.25) is 0 Å². The Morgan fingerprint density at radius 2 is 1.50 bits per heavy atom. The molecule has 1 aliphatic heterocycles. The average molecular weight is 506 g/mol. The molecule has 0 aromatic heterocycles. The second-order valence-corrected chi connectivity index (χ2v) is 10.8. The molecule has 34 heavy (non-hydrogen) atoms. The van der Waals surface area contributed by atoms with Crippen molar-refractivity contribution in [1.82, 2.24) is 4.31 Å². The van der Waals surface area contributed by atoms with Crippen LogP contribution >= 0.6 is 11.6 Å². The summed E-state index contributed by atoms with van der Waals surface area (Å²) in [5.41, 5.74) is 0.363. The van der Waals surface area contributed by atoms with E-state index >= 15 is 0 Å². The Kier molecular flexibility index (Phi) is 6.64. The molecule has 3 aromatic rings. The first-order chi connectivity index (χ1) is 16.0. The molecule has 0 saturated carbocycles. The molecule has 0 spiro atoms. The molecule has 8 heteroatoms. The third-order valence-corrected chi connectivity index (χ3v) is 8.39. The molecule has 0 aliphatic carbocycles. The molecule has 0 N–H and O–H groups in total. The third-order valence-electron chi connectivity index (χ3n) is 6.14. The lowest BCUT2D eigenvalue weighted by atomic mass is 9.73. The molecule has 1 fully saturated rings. The van der Waals surface area contributed by atoms with Crippen molar-refractivity contribution in [3.05, 3.63) is 107 Å². The van der Waals surface area contributed by atoms with Gasteiger partial charge in [-0.15, -0.1) is 0 Å². The summed E-state index contributed by atoms with van der Waals surface area (Å²) in [6, 6.07) is 23.1. The Labute approximate surface area is 202 Å². The molecule has 3 aromatic carbocycles. The molecule has 4 rings (SSSR count). The molecule has 0 radical (unpaired) electrons. The molecule has 1 unspecified atom stereocenters. The SMILES string of the molecule is Cc1ccc(S(=O)(=O)N2C/C(=C(\Cl)c3ccccc3)C(CC(F)(F)F)(c3ccccc3)C2)cc1. The topological polar surface area (TPSA) is 37.4 Å². The third kappa shape index (κ3) is 4.78. The summed E-state index contributed by atoms with van der Waals surface area (Å²) in [5.74, 6) is 0. The maximum atomic E-state index is 14.0. The normalized spacial score (nSPS) is 21.0. The second kappa shape index (κ2) is 9.21. The van der Waals surface area contributed by atoms with E-state index in [2.05, 4.69) is 0 Å². The molecule has 0 amide bonds. The monoisotopic (exact) mass is 505 g/mol. The lowest BCUT2D eigenvalue weighted by Crippen LogP contribution is -2.38. The number of sulfonamides is 1. The highest BCUT2D eigenvalue weighted by atomic mass is 35.5. The number of hydrogen-bond acceptors (Lipinski definition) is 2. The fraction of sp³-hybridized carbons (Fsp3) is 0.231. The van der Waals surface area contributed by atoms with Gasteiger partial charge in [-0.1, -0.05) is 90.0 Å². The summed E-state index contributed by atoms with van der Waals surface area (Å²) in [7, 11) is -4.07. The number of nitrogens with zero attached hydrogens (tertiary/aromatic N) is 1. The van der Waals surface area contributed by atoms with Crippen molar-refractivity contribution in [2.24, 2.45) is 0 Å². The van der Waals surface area contributed by atoms with E-state index < -0.39 is 28.0 Å². The van der Waals surface area contributed by atoms with Crippen LogP contribution in [0.5, 0.6) is 0 Å². The van der Waals surface area contributed by atoms with Gasteiger partial charge in [-0.2, -0.15) is 17.5 Å². The van der Waals surface area contributed by atoms with E-state index in [0.29, 0.717) is 11.1 Å². The zero-order valence-corrected chi connectivity index (χ0v) is 20.0. The molecule has 1 aliphatic rings. The lowest BCUT2D eigenvalue weighted by Gasteiger charge is -2.33. The number of halogens is 4. The highest BCUT2D eigenvalue weighted by molar-refractivity contribution is 7.89. The smallest absolute Gasteiger partial charge is 0.207 e. The van der Waals surface area contributed by atoms with Crippen LogP contribution < -0.4 is 0 Å². The number of rotatable bonds is 5. The van der Waals surface area contributed by atoms with Crippen molar-refractivity contribution < 1.29 is 21.6 Å². The van der Waals surface area contributed by atoms with Gasteiger partial charge in [0.25, 0.3) is 0 Å². The van der Waals surface area contributed by atoms with Crippen LogP contribution in [-0.4, -0.2) is 32.0 Å². The summed E-state index contributed by atoms with van der Waals surface area (Å²) in [5, 5.41) is 0.135. The first kappa shape index (κ1) is 24.5. The van der Waals surface area contributed by atoms with Crippen LogP contribution in [0.3, 0.4) is 0 Å². The van der Waals surface area contributed by atoms with Crippen molar-refractivity contribution in [3.8, 4) is 0 Å². The summed E-state index contributed by atoms with van der Waals surface area (Å²) in [6.45, 7) is 1.22. The van der Waals surface area contributed by atoms with Crippen LogP contribution in [0, 0.1) is 6.92 Å². The van der Waals surface area contributed by atoms with Gasteiger partial charge in [-0.05, 0) is 35.8 Å². The number of benzene rings is 3. The van der Waals surface area contributed by atoms with Gasteiger partial charge in [0.2, 0.25) is 10.0 Å². The minimum absolute atomic E-state index is 0.0316. The zero-order chi connectivity index (χ0) is 24.6. The minimum Gasteiger partial charge on any atom is -0.207 e. The van der Waals surface area contributed by atoms with E-state index in [0.717, 1.165) is 9.87 Å². The first-order valence-corrected chi connectivity index (χ1v) is 12.5. The Morgan fingerprint density at radius 3 is 2.06 bits per heavy atom. The molecule has 3 nitrogen and oxygen atoms in total. The van der Waals surface area contributed by atoms with Gasteiger partial charge in [0.15, 0.2) is 0 Å². The van der Waals surface area contributed by atoms with Crippen molar-refractivity contribution in [3.63, 3.8) is 0 Å². The quantitative estimate of drug-likeness (QED) is 0.395. The Morgan fingerprint density at radius 1 is 0.941 bits per heavy atom. The van der Waals surface area contributed by atoms with Crippen LogP contribution in [0.2, 0.25) is 0 Å². The van der Waals surface area contributed by atoms with E-state index in [1.165, 1.54) is 12.1 Å². The average Bonchev–Trinajstić information content (AvgIpc) is 3.20. The van der Waals surface area contributed by atoms with Gasteiger partial charge in [-0.25, -0.2) is 8.42 Å². The number of hydrogen-bond donors (Lipinski definition) is 0. The van der Waals surface area contributed by atoms with Crippen LogP contribution in [-0.2, 0) is 15.4 Å². The Hall–Kier alpha value is -2.61. The van der Waals surface area contributed by atoms with Crippen molar-refractivity contribution >= 4 is 26.7 Å². The maximum absolute atomic E-state index is 14.0. The summed E-state index contributed by atoms with van der Waals surface area (Å²) in [4.78, 5) is 0.0316. The molecular formula is C26H23ClF3NO2S. The zero-order valence-electron chi connectivity index (χ0n) is 18.4. The molecular weight excluding hydrogens is 483 g/mol. The van der Waals surface area contributed by atoms with E-state index in [1.807, 2.05) is 6.92 Å². The molecule has 178 valence electrons. The van der Waals surface area contributed by atoms with Gasteiger partial charge < -0.3 is 0 Å². The molecule has 1 atom stereocenters. The van der Waals surface area contributed by atoms with Crippen molar-refractivity contribution in [2.75, 3.05) is 13.1 Å². The predicted octanol–water partition coefficient (Wildman–Crippen LogP) is 6.54. The highest BCUT2D eigenvalue weighted by Gasteiger charge is 2.54. The fourth-order valence-corrected chi connectivity index (χ4v) is 6.31. The van der Waals surface area contributed by atoms with Crippen LogP contribution in [0.15, 0.2) is 95.4 Å². The lowest BCUT2D eigenvalue weighted by molar-refractivity contribution is -0.144. The number of alkyl halides is 3. The van der Waals surface area contributed by atoms with Crippen molar-refractivity contribution in [2.45, 2.75) is 29.8 Å². The summed E-state index contributed by atoms with van der Waals surface area (Å²) >= 11 is 6.75. The van der Waals surface area contributed by atoms with Crippen LogP contribution in [0.25, 0.3) is 5.03 Å². The van der Waals surface area contributed by atoms with E-state index in [4.69, 9.17) is 11.6 Å². The van der Waals surface area contributed by atoms with E-state index in [9.17, 15) is 21.6 Å². The van der Waals surface area contributed by atoms with Gasteiger partial charge in [0, 0.05) is 23.5 Å². The minimum atomic E-state index is -4.56. The molecule has 1 heterocycles. The second-order valence-electron chi connectivity index (χ2n) is 8.48. The largest absolute Gasteiger partial charge is 0.390 e.